The normalized spacial score (nSPS) is 10.4. The molecule has 3 aromatic heterocycles. The smallest absolute Gasteiger partial charge is 0.313 e. The van der Waals surface area contributed by atoms with Crippen LogP contribution in [0.25, 0.3) is 0 Å². The van der Waals surface area contributed by atoms with Gasteiger partial charge in [0, 0.05) is 52.1 Å². The minimum Gasteiger partial charge on any atom is -0.497 e. The molecule has 0 saturated carbocycles. The van der Waals surface area contributed by atoms with E-state index in [0.29, 0.717) is 104 Å². The van der Waals surface area contributed by atoms with Gasteiger partial charge in [-0.1, -0.05) is 20.3 Å². The van der Waals surface area contributed by atoms with Gasteiger partial charge in [-0.05, 0) is 135 Å². The van der Waals surface area contributed by atoms with Gasteiger partial charge in [0.1, 0.15) is 32.3 Å². The van der Waals surface area contributed by atoms with Crippen molar-refractivity contribution in [3.63, 3.8) is 0 Å². The van der Waals surface area contributed by atoms with E-state index in [0.717, 1.165) is 34.4 Å². The Hall–Kier alpha value is -7.66. The van der Waals surface area contributed by atoms with E-state index >= 15 is 0 Å². The molecule has 0 unspecified atom stereocenters. The molecule has 420 valence electrons. The van der Waals surface area contributed by atoms with Crippen molar-refractivity contribution in [2.45, 2.75) is 84.5 Å². The van der Waals surface area contributed by atoms with E-state index in [-0.39, 0.29) is 65.8 Å². The number of carboxylic acid groups (broad SMARTS) is 3. The Morgan fingerprint density at radius 2 is 0.810 bits per heavy atom. The first-order valence-corrected chi connectivity index (χ1v) is 28.6. The van der Waals surface area contributed by atoms with Gasteiger partial charge in [0.15, 0.2) is 17.3 Å². The molecule has 0 radical (unpaired) electrons. The number of ketones is 3. The number of aryl methyl sites for hydroxylation is 2. The lowest BCUT2D eigenvalue weighted by molar-refractivity contribution is -0.138. The number of thiophene rings is 3. The number of ether oxygens (including phenoxy) is 3. The summed E-state index contributed by atoms with van der Waals surface area (Å²) in [5.41, 5.74) is 2.91. The average Bonchev–Trinajstić information content (AvgIpc) is 4.21. The molecule has 6 rings (SSSR count). The van der Waals surface area contributed by atoms with Crippen LogP contribution in [-0.2, 0) is 41.6 Å². The molecule has 79 heavy (non-hydrogen) atoms. The minimum absolute atomic E-state index is 0.0143. The van der Waals surface area contributed by atoms with Gasteiger partial charge in [0.05, 0.1) is 49.5 Å². The topological polar surface area (TPSA) is 278 Å². The first-order valence-electron chi connectivity index (χ1n) is 24.9. The summed E-state index contributed by atoms with van der Waals surface area (Å²) in [7, 11) is 4.68. The van der Waals surface area contributed by atoms with Gasteiger partial charge in [0.2, 0.25) is 17.7 Å². The molecular formula is C57H63N3O15S4. The number of unbranched alkanes of at least 4 members (excludes halogenated alkanes) is 3. The Bertz CT molecular complexity index is 3020. The van der Waals surface area contributed by atoms with Crippen LogP contribution >= 0.6 is 45.8 Å². The molecule has 6 aromatic rings. The standard InChI is InChI=1S/C21H25NO5S.C20H23NO5S.C16H15NO5S2/c1-3-16-13-17(20(26)14-9-11-15(27-2)12-10-14)21(28-16)22-18(23)7-5-4-6-8-19(24)25;1-3-15-12-16(19(25)13-8-10-14(26-2)11-9-13)20(27-15)21-17(22)6-4-5-7-18(23)24;1-22-11-4-2-10(3-5-11)15(21)12-6-7-24-16(12)17-13(18)8-23-9-14(19)20/h9-13H,3-8H2,1-2H3,(H,22,23)(H,24,25);8-12H,3-7H2,1-2H3,(H,21,22)(H,23,24);2-7H,8-9H2,1H3,(H,17,18)(H,19,20). The van der Waals surface area contributed by atoms with Crippen molar-refractivity contribution < 1.29 is 72.7 Å². The number of methoxy groups -OCH3 is 3. The van der Waals surface area contributed by atoms with Crippen LogP contribution in [0.5, 0.6) is 17.2 Å². The Morgan fingerprint density at radius 3 is 1.19 bits per heavy atom. The first kappa shape index (κ1) is 63.9. The fourth-order valence-electron chi connectivity index (χ4n) is 7.11. The highest BCUT2D eigenvalue weighted by atomic mass is 32.2. The Balaban J connectivity index is 0.000000256. The number of nitrogens with one attached hydrogen (secondary N) is 3. The first-order chi connectivity index (χ1) is 37.9. The van der Waals surface area contributed by atoms with Crippen LogP contribution in [0.3, 0.4) is 0 Å². The molecule has 0 atom stereocenters. The Labute approximate surface area is 473 Å². The largest absolute Gasteiger partial charge is 0.497 e. The molecule has 0 spiro atoms. The molecule has 3 heterocycles. The summed E-state index contributed by atoms with van der Waals surface area (Å²) in [6.45, 7) is 3.99. The molecule has 22 heteroatoms. The molecule has 6 N–H and O–H groups in total. The van der Waals surface area contributed by atoms with Gasteiger partial charge in [-0.25, -0.2) is 0 Å². The second kappa shape index (κ2) is 33.6. The minimum atomic E-state index is -0.973. The van der Waals surface area contributed by atoms with Crippen molar-refractivity contribution in [1.82, 2.24) is 0 Å². The number of hydrogen-bond acceptors (Lipinski definition) is 16. The van der Waals surface area contributed by atoms with Gasteiger partial charge < -0.3 is 45.5 Å². The Kier molecular flexibility index (Phi) is 27.2. The lowest BCUT2D eigenvalue weighted by Crippen LogP contribution is -2.16. The summed E-state index contributed by atoms with van der Waals surface area (Å²) in [6.07, 6.45) is 5.04. The van der Waals surface area contributed by atoms with E-state index in [1.54, 1.807) is 106 Å². The summed E-state index contributed by atoms with van der Waals surface area (Å²) in [5.74, 6) is -2.02. The molecule has 0 aliphatic carbocycles. The van der Waals surface area contributed by atoms with Gasteiger partial charge >= 0.3 is 17.9 Å². The average molecular weight is 1160 g/mol. The highest BCUT2D eigenvalue weighted by molar-refractivity contribution is 8.00. The van der Waals surface area contributed by atoms with E-state index in [1.165, 1.54) is 34.0 Å². The molecule has 0 fully saturated rings. The lowest BCUT2D eigenvalue weighted by atomic mass is 10.0. The molecule has 0 saturated heterocycles. The van der Waals surface area contributed by atoms with Crippen molar-refractivity contribution in [3.8, 4) is 17.2 Å². The monoisotopic (exact) mass is 1160 g/mol. The molecule has 18 nitrogen and oxygen atoms in total. The van der Waals surface area contributed by atoms with Gasteiger partial charge in [-0.15, -0.1) is 45.8 Å². The van der Waals surface area contributed by atoms with Crippen LogP contribution in [0.1, 0.15) is 129 Å². The van der Waals surface area contributed by atoms with E-state index in [4.69, 9.17) is 29.5 Å². The maximum Gasteiger partial charge on any atom is 0.313 e. The number of carbonyl (C=O) groups is 9. The predicted octanol–water partition coefficient (Wildman–Crippen LogP) is 11.4. The van der Waals surface area contributed by atoms with Crippen molar-refractivity contribution in [3.05, 3.63) is 140 Å². The summed E-state index contributed by atoms with van der Waals surface area (Å²) < 4.78 is 15.3. The van der Waals surface area contributed by atoms with E-state index < -0.39 is 17.9 Å². The molecule has 0 bridgehead atoms. The number of amides is 3. The third kappa shape index (κ3) is 21.6. The third-order valence-corrected chi connectivity index (χ3v) is 15.4. The van der Waals surface area contributed by atoms with Crippen LogP contribution in [0.15, 0.2) is 96.4 Å². The SMILES string of the molecule is CCc1cc(C(=O)c2ccc(OC)cc2)c(NC(=O)CCCCC(=O)O)s1.CCc1cc(C(=O)c2ccc(OC)cc2)c(NC(=O)CCCCCC(=O)O)s1.COc1ccc(C(=O)c2ccsc2NC(=O)CSCC(=O)O)cc1. The second-order valence-electron chi connectivity index (χ2n) is 17.0. The number of carboxylic acids is 3. The van der Waals surface area contributed by atoms with Crippen LogP contribution in [0.4, 0.5) is 15.0 Å². The lowest BCUT2D eigenvalue weighted by Gasteiger charge is -2.07. The molecular weight excluding hydrogens is 1090 g/mol. The van der Waals surface area contributed by atoms with Crippen LogP contribution in [0.2, 0.25) is 0 Å². The fraction of sp³-hybridized carbons (Fsp3) is 0.316. The molecule has 3 aromatic carbocycles. The van der Waals surface area contributed by atoms with E-state index in [2.05, 4.69) is 16.0 Å². The number of hydrogen-bond donors (Lipinski definition) is 6. The predicted molar refractivity (Wildman–Crippen MR) is 309 cm³/mol. The molecule has 0 aliphatic heterocycles. The number of carbonyl (C=O) groups excluding carboxylic acids is 6. The Morgan fingerprint density at radius 1 is 0.443 bits per heavy atom. The van der Waals surface area contributed by atoms with Crippen molar-refractivity contribution in [2.75, 3.05) is 48.8 Å². The summed E-state index contributed by atoms with van der Waals surface area (Å²) in [6, 6.07) is 25.7. The maximum atomic E-state index is 12.9. The second-order valence-corrected chi connectivity index (χ2v) is 21.2. The van der Waals surface area contributed by atoms with Crippen LogP contribution < -0.4 is 30.2 Å². The number of rotatable bonds is 29. The van der Waals surface area contributed by atoms with E-state index in [9.17, 15) is 43.2 Å². The van der Waals surface area contributed by atoms with Gasteiger partial charge in [0.25, 0.3) is 0 Å². The summed E-state index contributed by atoms with van der Waals surface area (Å²) in [5, 5.41) is 37.4. The number of aliphatic carboxylic acids is 3. The quantitative estimate of drug-likeness (QED) is 0.0188. The van der Waals surface area contributed by atoms with Crippen LogP contribution in [0, 0.1) is 0 Å². The number of anilines is 3. The third-order valence-electron chi connectivity index (χ3n) is 11.3. The van der Waals surface area contributed by atoms with E-state index in [1.807, 2.05) is 26.0 Å². The molecule has 3 amide bonds. The maximum absolute atomic E-state index is 12.9. The number of benzene rings is 3. The highest BCUT2D eigenvalue weighted by Gasteiger charge is 2.22. The van der Waals surface area contributed by atoms with Crippen molar-refractivity contribution in [1.29, 1.82) is 0 Å². The zero-order valence-corrected chi connectivity index (χ0v) is 47.6. The van der Waals surface area contributed by atoms with Crippen molar-refractivity contribution in [2.24, 2.45) is 0 Å². The zero-order chi connectivity index (χ0) is 57.9. The zero-order valence-electron chi connectivity index (χ0n) is 44.3. The van der Waals surface area contributed by atoms with Gasteiger partial charge in [-0.2, -0.15) is 0 Å². The summed E-state index contributed by atoms with van der Waals surface area (Å²) in [4.78, 5) is 108. The van der Waals surface area contributed by atoms with Crippen molar-refractivity contribution >= 4 is 114 Å². The molecule has 0 aliphatic rings. The number of thioether (sulfide) groups is 1. The van der Waals surface area contributed by atoms with Crippen LogP contribution in [-0.4, -0.2) is 101 Å². The highest BCUT2D eigenvalue weighted by Crippen LogP contribution is 2.33. The van der Waals surface area contributed by atoms with Gasteiger partial charge in [-0.3, -0.25) is 43.2 Å². The fourth-order valence-corrected chi connectivity index (χ4v) is 10.5. The summed E-state index contributed by atoms with van der Waals surface area (Å²) >= 11 is 5.05.